The molecule has 0 amide bonds. The summed E-state index contributed by atoms with van der Waals surface area (Å²) in [5, 5.41) is 2.14. The molecule has 0 aromatic heterocycles. The largest absolute Gasteiger partial charge is 0.377 e. The van der Waals surface area contributed by atoms with Gasteiger partial charge < -0.3 is 9.61 Å². The molecule has 0 spiro atoms. The second-order valence-electron chi connectivity index (χ2n) is 4.69. The van der Waals surface area contributed by atoms with E-state index < -0.39 is 10.1 Å². The minimum Gasteiger partial charge on any atom is -0.377 e. The Morgan fingerprint density at radius 1 is 1.29 bits per heavy atom. The van der Waals surface area contributed by atoms with Gasteiger partial charge in [-0.15, -0.1) is 0 Å². The third-order valence-electron chi connectivity index (χ3n) is 3.16. The van der Waals surface area contributed by atoms with Crippen molar-refractivity contribution in [1.29, 1.82) is 0 Å². The summed E-state index contributed by atoms with van der Waals surface area (Å²) in [5.41, 5.74) is 4.46. The summed E-state index contributed by atoms with van der Waals surface area (Å²) in [6.45, 7) is 2.37. The monoisotopic (exact) mass is 324 g/mol. The number of hydrogen-bond donors (Lipinski definition) is 1. The lowest BCUT2D eigenvalue weighted by molar-refractivity contribution is 0.313. The Hall–Kier alpha value is -1.92. The van der Waals surface area contributed by atoms with Crippen LogP contribution in [0.3, 0.4) is 0 Å². The van der Waals surface area contributed by atoms with E-state index in [1.165, 1.54) is 12.1 Å². The van der Waals surface area contributed by atoms with E-state index in [2.05, 4.69) is 5.43 Å². The lowest BCUT2D eigenvalue weighted by Gasteiger charge is -2.24. The van der Waals surface area contributed by atoms with Crippen LogP contribution >= 0.6 is 11.6 Å². The number of benzene rings is 1. The number of halogens is 1. The van der Waals surface area contributed by atoms with Crippen LogP contribution in [0.15, 0.2) is 64.0 Å². The normalized spacial score (nSPS) is 17.4. The van der Waals surface area contributed by atoms with Gasteiger partial charge in [-0.1, -0.05) is 29.3 Å². The number of aryl methyl sites for hydroxylation is 1. The molecule has 0 aliphatic carbocycles. The van der Waals surface area contributed by atoms with Gasteiger partial charge in [-0.05, 0) is 31.2 Å². The molecule has 0 atom stereocenters. The zero-order chi connectivity index (χ0) is 15.0. The molecule has 2 aliphatic heterocycles. The highest BCUT2D eigenvalue weighted by molar-refractivity contribution is 7.86. The van der Waals surface area contributed by atoms with Crippen LogP contribution < -0.4 is 5.43 Å². The van der Waals surface area contributed by atoms with Gasteiger partial charge in [0.2, 0.25) is 0 Å². The Balaban J connectivity index is 1.90. The predicted octanol–water partition coefficient (Wildman–Crippen LogP) is 2.38. The van der Waals surface area contributed by atoms with Crippen LogP contribution in [0, 0.1) is 6.92 Å². The number of hydrogen-bond acceptors (Lipinski definition) is 5. The summed E-state index contributed by atoms with van der Waals surface area (Å²) in [6, 6.07) is 6.49. The summed E-state index contributed by atoms with van der Waals surface area (Å²) >= 11 is 6.10. The van der Waals surface area contributed by atoms with Crippen molar-refractivity contribution in [1.82, 2.24) is 10.4 Å². The standard InChI is InChI=1S/C14H13ClN2O3S/c1-10-2-4-11(5-3-10)21(18,19)20-13-7-9-17-14(13)12(15)6-8-16-17/h2-8,16H,9H2,1H3. The van der Waals surface area contributed by atoms with Crippen molar-refractivity contribution < 1.29 is 12.6 Å². The van der Waals surface area contributed by atoms with Crippen LogP contribution in [-0.4, -0.2) is 20.0 Å². The van der Waals surface area contributed by atoms with Gasteiger partial charge in [-0.3, -0.25) is 5.01 Å². The number of fused-ring (bicyclic) bond motifs is 1. The highest BCUT2D eigenvalue weighted by Gasteiger charge is 2.30. The molecule has 21 heavy (non-hydrogen) atoms. The summed E-state index contributed by atoms with van der Waals surface area (Å²) in [5.74, 6) is 0.234. The van der Waals surface area contributed by atoms with E-state index in [0.29, 0.717) is 17.3 Å². The van der Waals surface area contributed by atoms with Gasteiger partial charge in [-0.2, -0.15) is 8.42 Å². The Morgan fingerprint density at radius 2 is 2.00 bits per heavy atom. The van der Waals surface area contributed by atoms with Crippen molar-refractivity contribution >= 4 is 21.7 Å². The van der Waals surface area contributed by atoms with Gasteiger partial charge in [0.15, 0.2) is 5.76 Å². The molecule has 0 unspecified atom stereocenters. The van der Waals surface area contributed by atoms with Crippen molar-refractivity contribution in [2.24, 2.45) is 0 Å². The van der Waals surface area contributed by atoms with Crippen molar-refractivity contribution in [2.45, 2.75) is 11.8 Å². The first-order valence-electron chi connectivity index (χ1n) is 6.29. The molecular formula is C14H13ClN2O3S. The first kappa shape index (κ1) is 14.0. The zero-order valence-electron chi connectivity index (χ0n) is 11.2. The number of nitrogens with one attached hydrogen (secondary N) is 1. The third kappa shape index (κ3) is 2.64. The molecule has 2 aliphatic rings. The number of nitrogens with zero attached hydrogens (tertiary/aromatic N) is 1. The lowest BCUT2D eigenvalue weighted by Crippen LogP contribution is -2.33. The van der Waals surface area contributed by atoms with Crippen molar-refractivity contribution in [3.05, 3.63) is 64.7 Å². The summed E-state index contributed by atoms with van der Waals surface area (Å²) in [4.78, 5) is 0.114. The molecule has 1 N–H and O–H groups in total. The average molecular weight is 325 g/mol. The molecular weight excluding hydrogens is 312 g/mol. The van der Waals surface area contributed by atoms with E-state index in [1.807, 2.05) is 6.92 Å². The van der Waals surface area contributed by atoms with E-state index in [4.69, 9.17) is 15.8 Å². The molecule has 0 saturated carbocycles. The maximum atomic E-state index is 12.3. The van der Waals surface area contributed by atoms with E-state index >= 15 is 0 Å². The second kappa shape index (κ2) is 5.13. The van der Waals surface area contributed by atoms with Gasteiger partial charge in [0.25, 0.3) is 0 Å². The molecule has 7 heteroatoms. The van der Waals surface area contributed by atoms with Crippen molar-refractivity contribution in [3.63, 3.8) is 0 Å². The van der Waals surface area contributed by atoms with Crippen LogP contribution in [-0.2, 0) is 14.3 Å². The first-order valence-corrected chi connectivity index (χ1v) is 8.08. The lowest BCUT2D eigenvalue weighted by atomic mass is 10.2. The number of hydrazine groups is 1. The van der Waals surface area contributed by atoms with E-state index in [1.54, 1.807) is 35.5 Å². The minimum absolute atomic E-state index is 0.114. The van der Waals surface area contributed by atoms with Gasteiger partial charge in [0, 0.05) is 6.20 Å². The van der Waals surface area contributed by atoms with Crippen LogP contribution in [0.25, 0.3) is 0 Å². The van der Waals surface area contributed by atoms with Crippen molar-refractivity contribution in [2.75, 3.05) is 6.54 Å². The zero-order valence-corrected chi connectivity index (χ0v) is 12.8. The summed E-state index contributed by atoms with van der Waals surface area (Å²) < 4.78 is 29.8. The van der Waals surface area contributed by atoms with Crippen LogP contribution in [0.4, 0.5) is 0 Å². The Morgan fingerprint density at radius 3 is 2.71 bits per heavy atom. The predicted molar refractivity (Wildman–Crippen MR) is 79.4 cm³/mol. The highest BCUT2D eigenvalue weighted by Crippen LogP contribution is 2.32. The molecule has 2 heterocycles. The minimum atomic E-state index is -3.87. The van der Waals surface area contributed by atoms with Crippen LogP contribution in [0.5, 0.6) is 0 Å². The van der Waals surface area contributed by atoms with E-state index in [0.717, 1.165) is 5.56 Å². The van der Waals surface area contributed by atoms with E-state index in [9.17, 15) is 8.42 Å². The smallest absolute Gasteiger partial charge is 0.339 e. The van der Waals surface area contributed by atoms with Crippen molar-refractivity contribution in [3.8, 4) is 0 Å². The molecule has 110 valence electrons. The fraction of sp³-hybridized carbons (Fsp3) is 0.143. The maximum Gasteiger partial charge on any atom is 0.339 e. The summed E-state index contributed by atoms with van der Waals surface area (Å²) in [7, 11) is -3.87. The average Bonchev–Trinajstić information content (AvgIpc) is 2.83. The molecule has 1 aromatic carbocycles. The van der Waals surface area contributed by atoms with Gasteiger partial charge in [0.1, 0.15) is 10.6 Å². The molecule has 5 nitrogen and oxygen atoms in total. The molecule has 3 rings (SSSR count). The highest BCUT2D eigenvalue weighted by atomic mass is 35.5. The fourth-order valence-corrected chi connectivity index (χ4v) is 3.29. The van der Waals surface area contributed by atoms with Crippen LogP contribution in [0.2, 0.25) is 0 Å². The summed E-state index contributed by atoms with van der Waals surface area (Å²) in [6.07, 6.45) is 4.99. The van der Waals surface area contributed by atoms with E-state index in [-0.39, 0.29) is 10.7 Å². The van der Waals surface area contributed by atoms with Gasteiger partial charge in [-0.25, -0.2) is 0 Å². The first-order chi connectivity index (χ1) is 9.97. The quantitative estimate of drug-likeness (QED) is 0.865. The Bertz CT molecular complexity index is 764. The molecule has 1 aromatic rings. The number of rotatable bonds is 3. The maximum absolute atomic E-state index is 12.3. The molecule has 0 fully saturated rings. The molecule has 0 bridgehead atoms. The third-order valence-corrected chi connectivity index (χ3v) is 4.71. The second-order valence-corrected chi connectivity index (χ2v) is 6.64. The topological polar surface area (TPSA) is 58.6 Å². The molecule has 0 saturated heterocycles. The van der Waals surface area contributed by atoms with Crippen LogP contribution in [0.1, 0.15) is 5.56 Å². The fourth-order valence-electron chi connectivity index (χ4n) is 2.08. The number of allylic oxidation sites excluding steroid dienone is 2. The van der Waals surface area contributed by atoms with Gasteiger partial charge >= 0.3 is 10.1 Å². The SMILES string of the molecule is Cc1ccc(S(=O)(=O)OC2=CCN3NC=CC(Cl)=C23)cc1. The van der Waals surface area contributed by atoms with Gasteiger partial charge in [0.05, 0.1) is 11.6 Å². The molecule has 0 radical (unpaired) electrons. The Labute approximate surface area is 128 Å². The Kier molecular flexibility index (Phi) is 3.43.